The number of benzene rings is 2. The fourth-order valence-electron chi connectivity index (χ4n) is 2.20. The number of ether oxygens (including phenoxy) is 3. The van der Waals surface area contributed by atoms with Crippen LogP contribution in [0.15, 0.2) is 42.5 Å². The number of carbonyl (C=O) groups excluding carboxylic acids is 2. The number of nitrogens with one attached hydrogen (secondary N) is 2. The second-order valence-electron chi connectivity index (χ2n) is 4.95. The minimum absolute atomic E-state index is 0.175. The molecule has 1 aliphatic heterocycles. The second kappa shape index (κ2) is 6.91. The zero-order valence-corrected chi connectivity index (χ0v) is 13.0. The first-order valence-electron chi connectivity index (χ1n) is 7.40. The number of hydrogen-bond donors (Lipinski definition) is 2. The van der Waals surface area contributed by atoms with E-state index in [1.165, 1.54) is 0 Å². The van der Waals surface area contributed by atoms with E-state index in [0.717, 1.165) is 0 Å². The van der Waals surface area contributed by atoms with Crippen molar-refractivity contribution in [3.63, 3.8) is 0 Å². The molecule has 0 radical (unpaired) electrons. The first kappa shape index (κ1) is 15.7. The maximum absolute atomic E-state index is 12.4. The quantitative estimate of drug-likeness (QED) is 0.900. The van der Waals surface area contributed by atoms with Gasteiger partial charge >= 0.3 is 6.09 Å². The van der Waals surface area contributed by atoms with Crippen LogP contribution in [0.5, 0.6) is 11.5 Å². The molecule has 2 amide bonds. The van der Waals surface area contributed by atoms with E-state index < -0.39 is 6.09 Å². The Morgan fingerprint density at radius 1 is 1.04 bits per heavy atom. The summed E-state index contributed by atoms with van der Waals surface area (Å²) in [6.45, 7) is 2.17. The van der Waals surface area contributed by atoms with E-state index in [1.807, 2.05) is 0 Å². The van der Waals surface area contributed by atoms with Crippen LogP contribution in [0.4, 0.5) is 16.2 Å². The Labute approximate surface area is 138 Å². The molecule has 2 aromatic carbocycles. The molecule has 1 heterocycles. The van der Waals surface area contributed by atoms with Crippen molar-refractivity contribution in [3.8, 4) is 11.5 Å². The Morgan fingerprint density at radius 3 is 2.67 bits per heavy atom. The molecule has 1 aliphatic rings. The van der Waals surface area contributed by atoms with E-state index in [9.17, 15) is 9.59 Å². The van der Waals surface area contributed by atoms with Gasteiger partial charge in [0.05, 0.1) is 6.61 Å². The molecule has 2 N–H and O–H groups in total. The van der Waals surface area contributed by atoms with Crippen molar-refractivity contribution in [2.75, 3.05) is 24.0 Å². The normalized spacial score (nSPS) is 11.7. The maximum Gasteiger partial charge on any atom is 0.411 e. The molecule has 124 valence electrons. The smallest absolute Gasteiger partial charge is 0.411 e. The summed E-state index contributed by atoms with van der Waals surface area (Å²) >= 11 is 0. The number of hydrogen-bond acceptors (Lipinski definition) is 5. The van der Waals surface area contributed by atoms with Crippen molar-refractivity contribution in [3.05, 3.63) is 48.0 Å². The monoisotopic (exact) mass is 328 g/mol. The zero-order valence-electron chi connectivity index (χ0n) is 13.0. The lowest BCUT2D eigenvalue weighted by molar-refractivity contribution is 0.102. The fourth-order valence-corrected chi connectivity index (χ4v) is 2.20. The summed E-state index contributed by atoms with van der Waals surface area (Å²) in [5, 5.41) is 5.33. The SMILES string of the molecule is CCOC(=O)Nc1cccc(C(=O)Nc2ccc3c(c2)OCO3)c1. The molecule has 7 nitrogen and oxygen atoms in total. The third kappa shape index (κ3) is 3.57. The minimum atomic E-state index is -0.564. The predicted octanol–water partition coefficient (Wildman–Crippen LogP) is 3.24. The highest BCUT2D eigenvalue weighted by atomic mass is 16.7. The number of fused-ring (bicyclic) bond motifs is 1. The number of amides is 2. The molecular weight excluding hydrogens is 312 g/mol. The van der Waals surface area contributed by atoms with E-state index in [0.29, 0.717) is 28.4 Å². The Kier molecular flexibility index (Phi) is 4.51. The lowest BCUT2D eigenvalue weighted by Crippen LogP contribution is -2.15. The Morgan fingerprint density at radius 2 is 1.83 bits per heavy atom. The highest BCUT2D eigenvalue weighted by Gasteiger charge is 2.15. The van der Waals surface area contributed by atoms with Gasteiger partial charge in [-0.15, -0.1) is 0 Å². The topological polar surface area (TPSA) is 85.9 Å². The highest BCUT2D eigenvalue weighted by molar-refractivity contribution is 6.05. The first-order chi connectivity index (χ1) is 11.7. The molecule has 2 aromatic rings. The van der Waals surface area contributed by atoms with Gasteiger partial charge in [-0.25, -0.2) is 4.79 Å². The van der Waals surface area contributed by atoms with Crippen molar-refractivity contribution >= 4 is 23.4 Å². The van der Waals surface area contributed by atoms with E-state index in [1.54, 1.807) is 49.4 Å². The standard InChI is InChI=1S/C17H16N2O5/c1-2-22-17(21)19-12-5-3-4-11(8-12)16(20)18-13-6-7-14-15(9-13)24-10-23-14/h3-9H,2,10H2,1H3,(H,18,20)(H,19,21). The molecule has 3 rings (SSSR count). The second-order valence-corrected chi connectivity index (χ2v) is 4.95. The average molecular weight is 328 g/mol. The fraction of sp³-hybridized carbons (Fsp3) is 0.176. The largest absolute Gasteiger partial charge is 0.454 e. The Balaban J connectivity index is 1.69. The van der Waals surface area contributed by atoms with E-state index in [4.69, 9.17) is 14.2 Å². The van der Waals surface area contributed by atoms with E-state index >= 15 is 0 Å². The van der Waals surface area contributed by atoms with Crippen molar-refractivity contribution in [2.24, 2.45) is 0 Å². The molecule has 0 atom stereocenters. The molecule has 7 heteroatoms. The summed E-state index contributed by atoms with van der Waals surface area (Å²) in [7, 11) is 0. The van der Waals surface area contributed by atoms with Crippen LogP contribution in [0.1, 0.15) is 17.3 Å². The number of carbonyl (C=O) groups is 2. The third-order valence-corrected chi connectivity index (χ3v) is 3.28. The highest BCUT2D eigenvalue weighted by Crippen LogP contribution is 2.34. The van der Waals surface area contributed by atoms with Crippen LogP contribution in [-0.4, -0.2) is 25.4 Å². The number of rotatable bonds is 4. The molecule has 0 spiro atoms. The molecular formula is C17H16N2O5. The molecule has 0 saturated heterocycles. The van der Waals surface area contributed by atoms with E-state index in [2.05, 4.69) is 10.6 Å². The van der Waals surface area contributed by atoms with Crippen LogP contribution in [0.2, 0.25) is 0 Å². The molecule has 0 fully saturated rings. The van der Waals surface area contributed by atoms with Crippen molar-refractivity contribution in [1.82, 2.24) is 0 Å². The molecule has 0 aliphatic carbocycles. The van der Waals surface area contributed by atoms with Crippen LogP contribution >= 0.6 is 0 Å². The molecule has 0 unspecified atom stereocenters. The minimum Gasteiger partial charge on any atom is -0.454 e. The summed E-state index contributed by atoms with van der Waals surface area (Å²) in [5.41, 5.74) is 1.47. The third-order valence-electron chi connectivity index (χ3n) is 3.28. The van der Waals surface area contributed by atoms with E-state index in [-0.39, 0.29) is 19.3 Å². The summed E-state index contributed by atoms with van der Waals surface area (Å²) in [6.07, 6.45) is -0.564. The molecule has 0 aromatic heterocycles. The average Bonchev–Trinajstić information content (AvgIpc) is 3.03. The lowest BCUT2D eigenvalue weighted by Gasteiger charge is -2.09. The zero-order chi connectivity index (χ0) is 16.9. The van der Waals surface area contributed by atoms with Gasteiger partial charge in [0.2, 0.25) is 6.79 Å². The summed E-state index contributed by atoms with van der Waals surface area (Å²) < 4.78 is 15.3. The van der Waals surface area contributed by atoms with Crippen molar-refractivity contribution in [1.29, 1.82) is 0 Å². The molecule has 0 bridgehead atoms. The van der Waals surface area contributed by atoms with Crippen LogP contribution < -0.4 is 20.1 Å². The van der Waals surface area contributed by atoms with Crippen LogP contribution in [0.25, 0.3) is 0 Å². The van der Waals surface area contributed by atoms with Gasteiger partial charge in [0.1, 0.15) is 0 Å². The van der Waals surface area contributed by atoms with Crippen LogP contribution in [0.3, 0.4) is 0 Å². The van der Waals surface area contributed by atoms with Gasteiger partial charge in [-0.05, 0) is 37.3 Å². The van der Waals surface area contributed by atoms with Gasteiger partial charge in [0.25, 0.3) is 5.91 Å². The summed E-state index contributed by atoms with van der Waals surface area (Å²) in [4.78, 5) is 23.8. The van der Waals surface area contributed by atoms with Gasteiger partial charge in [-0.1, -0.05) is 6.07 Å². The predicted molar refractivity (Wildman–Crippen MR) is 87.6 cm³/mol. The van der Waals surface area contributed by atoms with Gasteiger partial charge in [0, 0.05) is 23.0 Å². The van der Waals surface area contributed by atoms with Crippen LogP contribution in [-0.2, 0) is 4.74 Å². The van der Waals surface area contributed by atoms with Crippen molar-refractivity contribution < 1.29 is 23.8 Å². The summed E-state index contributed by atoms with van der Waals surface area (Å²) in [6, 6.07) is 11.7. The van der Waals surface area contributed by atoms with Crippen molar-refractivity contribution in [2.45, 2.75) is 6.92 Å². The van der Waals surface area contributed by atoms with Crippen LogP contribution in [0, 0.1) is 0 Å². The molecule has 24 heavy (non-hydrogen) atoms. The first-order valence-corrected chi connectivity index (χ1v) is 7.40. The lowest BCUT2D eigenvalue weighted by atomic mass is 10.2. The Hall–Kier alpha value is -3.22. The Bertz CT molecular complexity index is 775. The van der Waals surface area contributed by atoms with Gasteiger partial charge in [-0.3, -0.25) is 10.1 Å². The maximum atomic E-state index is 12.4. The summed E-state index contributed by atoms with van der Waals surface area (Å²) in [5.74, 6) is 0.931. The number of anilines is 2. The van der Waals surface area contributed by atoms with Gasteiger partial charge in [0.15, 0.2) is 11.5 Å². The van der Waals surface area contributed by atoms with Gasteiger partial charge in [-0.2, -0.15) is 0 Å². The molecule has 0 saturated carbocycles. The van der Waals surface area contributed by atoms with Gasteiger partial charge < -0.3 is 19.5 Å².